The predicted octanol–water partition coefficient (Wildman–Crippen LogP) is 4.33. The molecule has 7 nitrogen and oxygen atoms in total. The number of ether oxygens (including phenoxy) is 2. The third-order valence-corrected chi connectivity index (χ3v) is 6.34. The molecule has 2 aromatic heterocycles. The molecule has 0 spiro atoms. The molecule has 0 aliphatic carbocycles. The number of benzene rings is 2. The van der Waals surface area contributed by atoms with E-state index in [0.29, 0.717) is 27.4 Å². The van der Waals surface area contributed by atoms with Crippen LogP contribution in [0, 0.1) is 5.82 Å². The first kappa shape index (κ1) is 21.8. The van der Waals surface area contributed by atoms with E-state index >= 15 is 0 Å². The molecular formula is C22H18FN3O4S2. The second-order valence-corrected chi connectivity index (χ2v) is 8.42. The van der Waals surface area contributed by atoms with E-state index in [4.69, 9.17) is 9.47 Å². The Bertz CT molecular complexity index is 1330. The van der Waals surface area contributed by atoms with Crippen LogP contribution in [0.4, 0.5) is 10.1 Å². The molecule has 2 aromatic carbocycles. The number of rotatable bonds is 7. The molecule has 2 heterocycles. The zero-order chi connectivity index (χ0) is 22.7. The second-order valence-electron chi connectivity index (χ2n) is 6.56. The quantitative estimate of drug-likeness (QED) is 0.319. The Hall–Kier alpha value is -3.37. The summed E-state index contributed by atoms with van der Waals surface area (Å²) < 4.78 is 26.5. The molecule has 4 rings (SSSR count). The Balaban J connectivity index is 1.62. The molecule has 10 heteroatoms. The summed E-state index contributed by atoms with van der Waals surface area (Å²) in [5, 5.41) is 4.75. The highest BCUT2D eigenvalue weighted by molar-refractivity contribution is 7.99. The van der Waals surface area contributed by atoms with Gasteiger partial charge in [0.05, 0.1) is 31.2 Å². The van der Waals surface area contributed by atoms with E-state index in [0.717, 1.165) is 11.8 Å². The van der Waals surface area contributed by atoms with Gasteiger partial charge in [-0.15, -0.1) is 11.3 Å². The minimum atomic E-state index is -0.554. The molecule has 32 heavy (non-hydrogen) atoms. The average molecular weight is 472 g/mol. The van der Waals surface area contributed by atoms with E-state index < -0.39 is 5.82 Å². The maximum absolute atomic E-state index is 14.5. The van der Waals surface area contributed by atoms with E-state index in [1.54, 1.807) is 41.8 Å². The number of fused-ring (bicyclic) bond motifs is 1. The molecule has 0 atom stereocenters. The Kier molecular flexibility index (Phi) is 6.42. The molecule has 0 radical (unpaired) electrons. The zero-order valence-electron chi connectivity index (χ0n) is 17.1. The van der Waals surface area contributed by atoms with Gasteiger partial charge in [0.25, 0.3) is 5.56 Å². The fraction of sp³-hybridized carbons (Fsp3) is 0.136. The summed E-state index contributed by atoms with van der Waals surface area (Å²) in [7, 11) is 3.04. The number of aromatic nitrogens is 2. The molecule has 0 saturated heterocycles. The molecule has 0 saturated carbocycles. The van der Waals surface area contributed by atoms with Gasteiger partial charge in [-0.3, -0.25) is 14.2 Å². The van der Waals surface area contributed by atoms with Gasteiger partial charge in [-0.1, -0.05) is 23.9 Å². The number of thiophene rings is 1. The van der Waals surface area contributed by atoms with Gasteiger partial charge in [0.1, 0.15) is 22.0 Å². The third-order valence-electron chi connectivity index (χ3n) is 4.51. The molecule has 1 N–H and O–H groups in total. The van der Waals surface area contributed by atoms with Gasteiger partial charge < -0.3 is 14.8 Å². The summed E-state index contributed by atoms with van der Waals surface area (Å²) in [4.78, 5) is 30.2. The van der Waals surface area contributed by atoms with E-state index in [1.807, 2.05) is 0 Å². The fourth-order valence-electron chi connectivity index (χ4n) is 3.04. The highest BCUT2D eigenvalue weighted by Crippen LogP contribution is 2.27. The zero-order valence-corrected chi connectivity index (χ0v) is 18.8. The Morgan fingerprint density at radius 1 is 1.16 bits per heavy atom. The number of nitrogens with one attached hydrogen (secondary N) is 1. The van der Waals surface area contributed by atoms with Crippen LogP contribution in [0.5, 0.6) is 11.5 Å². The largest absolute Gasteiger partial charge is 0.497 e. The van der Waals surface area contributed by atoms with Crippen LogP contribution >= 0.6 is 23.1 Å². The van der Waals surface area contributed by atoms with E-state index in [-0.39, 0.29) is 28.1 Å². The number of carbonyl (C=O) groups excluding carboxylic acids is 1. The van der Waals surface area contributed by atoms with Crippen molar-refractivity contribution in [3.63, 3.8) is 0 Å². The molecule has 1 amide bonds. The number of amides is 1. The summed E-state index contributed by atoms with van der Waals surface area (Å²) in [5.74, 6) is 0.137. The average Bonchev–Trinajstić information content (AvgIpc) is 3.27. The lowest BCUT2D eigenvalue weighted by molar-refractivity contribution is -0.113. The van der Waals surface area contributed by atoms with Crippen LogP contribution < -0.4 is 20.3 Å². The van der Waals surface area contributed by atoms with Crippen molar-refractivity contribution >= 4 is 44.9 Å². The second kappa shape index (κ2) is 9.41. The standard InChI is InChI=1S/C22H18FN3O4S2/c1-29-14-9-13(10-15(11-14)30-2)24-19(27)12-32-22-25-17-7-8-31-20(17)21(28)26(22)18-6-4-3-5-16(18)23/h3-11H,12H2,1-2H3,(H,24,27). The van der Waals surface area contributed by atoms with Crippen LogP contribution in [0.2, 0.25) is 0 Å². The molecule has 0 aliphatic heterocycles. The van der Waals surface area contributed by atoms with Crippen LogP contribution in [0.3, 0.4) is 0 Å². The van der Waals surface area contributed by atoms with Crippen molar-refractivity contribution in [1.29, 1.82) is 0 Å². The molecule has 0 bridgehead atoms. The van der Waals surface area contributed by atoms with E-state index in [1.165, 1.54) is 42.3 Å². The van der Waals surface area contributed by atoms with Gasteiger partial charge in [-0.05, 0) is 23.6 Å². The number of para-hydroxylation sites is 1. The Morgan fingerprint density at radius 3 is 2.56 bits per heavy atom. The van der Waals surface area contributed by atoms with Crippen molar-refractivity contribution in [3.8, 4) is 17.2 Å². The van der Waals surface area contributed by atoms with Gasteiger partial charge >= 0.3 is 0 Å². The summed E-state index contributed by atoms with van der Waals surface area (Å²) in [6, 6.07) is 12.7. The number of hydrogen-bond donors (Lipinski definition) is 1. The Labute approximate surface area is 190 Å². The Morgan fingerprint density at radius 2 is 1.88 bits per heavy atom. The molecule has 4 aromatic rings. The molecule has 0 fully saturated rings. The van der Waals surface area contributed by atoms with Gasteiger partial charge in [0.2, 0.25) is 5.91 Å². The van der Waals surface area contributed by atoms with Gasteiger partial charge in [0.15, 0.2) is 5.16 Å². The van der Waals surface area contributed by atoms with Crippen LogP contribution in [0.25, 0.3) is 15.9 Å². The minimum absolute atomic E-state index is 0.0456. The topological polar surface area (TPSA) is 82.5 Å². The molecule has 0 unspecified atom stereocenters. The summed E-state index contributed by atoms with van der Waals surface area (Å²) in [6.45, 7) is 0. The summed E-state index contributed by atoms with van der Waals surface area (Å²) >= 11 is 2.29. The number of anilines is 1. The first-order chi connectivity index (χ1) is 15.5. The highest BCUT2D eigenvalue weighted by Gasteiger charge is 2.18. The SMILES string of the molecule is COc1cc(NC(=O)CSc2nc3ccsc3c(=O)n2-c2ccccc2F)cc(OC)c1. The number of carbonyl (C=O) groups is 1. The lowest BCUT2D eigenvalue weighted by Crippen LogP contribution is -2.23. The van der Waals surface area contributed by atoms with Crippen molar-refractivity contribution in [1.82, 2.24) is 9.55 Å². The minimum Gasteiger partial charge on any atom is -0.497 e. The third kappa shape index (κ3) is 4.46. The van der Waals surface area contributed by atoms with Gasteiger partial charge in [-0.2, -0.15) is 0 Å². The van der Waals surface area contributed by atoms with Crippen LogP contribution in [0.1, 0.15) is 0 Å². The van der Waals surface area contributed by atoms with E-state index in [2.05, 4.69) is 10.3 Å². The van der Waals surface area contributed by atoms with Crippen LogP contribution in [-0.2, 0) is 4.79 Å². The van der Waals surface area contributed by atoms with Crippen molar-refractivity contribution in [3.05, 3.63) is 70.1 Å². The molecule has 0 aliphatic rings. The molecule has 164 valence electrons. The van der Waals surface area contributed by atoms with Crippen molar-refractivity contribution < 1.29 is 18.7 Å². The monoisotopic (exact) mass is 471 g/mol. The van der Waals surface area contributed by atoms with Crippen LogP contribution in [0.15, 0.2) is 63.9 Å². The van der Waals surface area contributed by atoms with Gasteiger partial charge in [0, 0.05) is 23.9 Å². The van der Waals surface area contributed by atoms with E-state index in [9.17, 15) is 14.0 Å². The number of hydrogen-bond acceptors (Lipinski definition) is 7. The lowest BCUT2D eigenvalue weighted by atomic mass is 10.2. The maximum Gasteiger partial charge on any atom is 0.276 e. The van der Waals surface area contributed by atoms with Crippen LogP contribution in [-0.4, -0.2) is 35.4 Å². The van der Waals surface area contributed by atoms with Crippen molar-refractivity contribution in [2.75, 3.05) is 25.3 Å². The van der Waals surface area contributed by atoms with Gasteiger partial charge in [-0.25, -0.2) is 9.37 Å². The smallest absolute Gasteiger partial charge is 0.276 e. The number of nitrogens with zero attached hydrogens (tertiary/aromatic N) is 2. The first-order valence-electron chi connectivity index (χ1n) is 9.41. The first-order valence-corrected chi connectivity index (χ1v) is 11.3. The summed E-state index contributed by atoms with van der Waals surface area (Å²) in [6.07, 6.45) is 0. The number of thioether (sulfide) groups is 1. The number of methoxy groups -OCH3 is 2. The number of halogens is 1. The normalized spacial score (nSPS) is 10.8. The summed E-state index contributed by atoms with van der Waals surface area (Å²) in [5.41, 5.74) is 0.712. The lowest BCUT2D eigenvalue weighted by Gasteiger charge is -2.13. The molecular weight excluding hydrogens is 453 g/mol. The fourth-order valence-corrected chi connectivity index (χ4v) is 4.61. The maximum atomic E-state index is 14.5. The highest BCUT2D eigenvalue weighted by atomic mass is 32.2. The van der Waals surface area contributed by atoms with Crippen molar-refractivity contribution in [2.45, 2.75) is 5.16 Å². The van der Waals surface area contributed by atoms with Crippen molar-refractivity contribution in [2.24, 2.45) is 0 Å². The predicted molar refractivity (Wildman–Crippen MR) is 124 cm³/mol.